The molecular formula is C21H37Cl2N3O2. The summed E-state index contributed by atoms with van der Waals surface area (Å²) in [6.45, 7) is 2.91. The Morgan fingerprint density at radius 1 is 1.14 bits per heavy atom. The van der Waals surface area contributed by atoms with Gasteiger partial charge in [0.2, 0.25) is 5.91 Å². The number of hydrogen-bond acceptors (Lipinski definition) is 4. The fourth-order valence-corrected chi connectivity index (χ4v) is 3.63. The molecule has 1 fully saturated rings. The first kappa shape index (κ1) is 27.0. The summed E-state index contributed by atoms with van der Waals surface area (Å²) < 4.78 is 5.74. The summed E-state index contributed by atoms with van der Waals surface area (Å²) in [6, 6.07) is 7.97. The van der Waals surface area contributed by atoms with Crippen LogP contribution in [-0.4, -0.2) is 44.6 Å². The molecule has 1 aliphatic rings. The number of halogens is 2. The highest BCUT2D eigenvalue weighted by atomic mass is 35.5. The van der Waals surface area contributed by atoms with E-state index >= 15 is 0 Å². The smallest absolute Gasteiger partial charge is 0.220 e. The molecule has 0 saturated heterocycles. The molecule has 2 rings (SSSR count). The second-order valence-electron chi connectivity index (χ2n) is 7.87. The molecule has 0 aliphatic heterocycles. The number of ether oxygens (including phenoxy) is 1. The monoisotopic (exact) mass is 433 g/mol. The summed E-state index contributed by atoms with van der Waals surface area (Å²) in [5.41, 5.74) is 7.09. The van der Waals surface area contributed by atoms with Crippen molar-refractivity contribution in [2.45, 2.75) is 51.5 Å². The van der Waals surface area contributed by atoms with Crippen LogP contribution in [0.3, 0.4) is 0 Å². The molecule has 0 unspecified atom stereocenters. The van der Waals surface area contributed by atoms with E-state index < -0.39 is 0 Å². The van der Waals surface area contributed by atoms with Gasteiger partial charge in [-0.25, -0.2) is 0 Å². The van der Waals surface area contributed by atoms with Gasteiger partial charge in [0.25, 0.3) is 0 Å². The molecule has 0 bridgehead atoms. The van der Waals surface area contributed by atoms with Crippen molar-refractivity contribution in [2.75, 3.05) is 33.8 Å². The van der Waals surface area contributed by atoms with Gasteiger partial charge >= 0.3 is 0 Å². The molecule has 28 heavy (non-hydrogen) atoms. The van der Waals surface area contributed by atoms with Crippen LogP contribution in [0.4, 0.5) is 0 Å². The zero-order chi connectivity index (χ0) is 18.8. The van der Waals surface area contributed by atoms with Crippen LogP contribution in [0, 0.1) is 5.41 Å². The Bertz CT molecular complexity index is 547. The van der Waals surface area contributed by atoms with E-state index in [1.807, 2.05) is 24.3 Å². The summed E-state index contributed by atoms with van der Waals surface area (Å²) in [5, 5.41) is 3.05. The van der Waals surface area contributed by atoms with Crippen LogP contribution in [-0.2, 0) is 11.3 Å². The second kappa shape index (κ2) is 14.0. The van der Waals surface area contributed by atoms with Crippen LogP contribution in [0.5, 0.6) is 5.75 Å². The number of carbonyl (C=O) groups excluding carboxylic acids is 1. The number of carbonyl (C=O) groups is 1. The van der Waals surface area contributed by atoms with E-state index in [2.05, 4.69) is 24.3 Å². The van der Waals surface area contributed by atoms with Gasteiger partial charge in [-0.1, -0.05) is 31.4 Å². The third kappa shape index (κ3) is 9.46. The predicted molar refractivity (Wildman–Crippen MR) is 121 cm³/mol. The van der Waals surface area contributed by atoms with Gasteiger partial charge in [-0.15, -0.1) is 24.8 Å². The maximum atomic E-state index is 12.3. The quantitative estimate of drug-likeness (QED) is 0.550. The zero-order valence-corrected chi connectivity index (χ0v) is 18.9. The van der Waals surface area contributed by atoms with Crippen molar-refractivity contribution in [2.24, 2.45) is 11.1 Å². The maximum Gasteiger partial charge on any atom is 0.220 e. The van der Waals surface area contributed by atoms with Gasteiger partial charge in [0, 0.05) is 19.5 Å². The molecule has 1 aliphatic carbocycles. The first-order valence-electron chi connectivity index (χ1n) is 9.86. The highest BCUT2D eigenvalue weighted by Gasteiger charge is 2.32. The van der Waals surface area contributed by atoms with Crippen molar-refractivity contribution in [1.82, 2.24) is 10.2 Å². The number of nitrogens with zero attached hydrogens (tertiary/aromatic N) is 1. The van der Waals surface area contributed by atoms with Crippen LogP contribution >= 0.6 is 24.8 Å². The van der Waals surface area contributed by atoms with Crippen molar-refractivity contribution < 1.29 is 9.53 Å². The third-order valence-electron chi connectivity index (χ3n) is 5.31. The summed E-state index contributed by atoms with van der Waals surface area (Å²) in [6.07, 6.45) is 7.38. The Morgan fingerprint density at radius 2 is 1.79 bits per heavy atom. The van der Waals surface area contributed by atoms with E-state index in [9.17, 15) is 4.79 Å². The van der Waals surface area contributed by atoms with Gasteiger partial charge < -0.3 is 20.7 Å². The van der Waals surface area contributed by atoms with E-state index in [1.54, 1.807) is 0 Å². The number of rotatable bonds is 10. The molecule has 1 saturated carbocycles. The first-order chi connectivity index (χ1) is 12.5. The van der Waals surface area contributed by atoms with Crippen LogP contribution in [0.2, 0.25) is 0 Å². The van der Waals surface area contributed by atoms with Gasteiger partial charge in [0.15, 0.2) is 0 Å². The fraction of sp³-hybridized carbons (Fsp3) is 0.667. The van der Waals surface area contributed by atoms with Crippen molar-refractivity contribution >= 4 is 30.7 Å². The molecule has 0 heterocycles. The number of amides is 1. The second-order valence-corrected chi connectivity index (χ2v) is 7.87. The first-order valence-corrected chi connectivity index (χ1v) is 9.86. The van der Waals surface area contributed by atoms with Gasteiger partial charge in [0.05, 0.1) is 6.61 Å². The number of benzene rings is 1. The Morgan fingerprint density at radius 3 is 2.36 bits per heavy atom. The fourth-order valence-electron chi connectivity index (χ4n) is 3.63. The average molecular weight is 434 g/mol. The van der Waals surface area contributed by atoms with Gasteiger partial charge in [0.1, 0.15) is 5.75 Å². The molecule has 0 radical (unpaired) electrons. The lowest BCUT2D eigenvalue weighted by Gasteiger charge is -2.35. The molecule has 1 aromatic carbocycles. The molecule has 0 aromatic heterocycles. The van der Waals surface area contributed by atoms with Crippen molar-refractivity contribution in [1.29, 1.82) is 0 Å². The van der Waals surface area contributed by atoms with E-state index in [-0.39, 0.29) is 36.1 Å². The Kier molecular flexibility index (Phi) is 13.5. The molecule has 3 N–H and O–H groups in total. The highest BCUT2D eigenvalue weighted by molar-refractivity contribution is 5.85. The lowest BCUT2D eigenvalue weighted by atomic mass is 9.71. The topological polar surface area (TPSA) is 67.6 Å². The highest BCUT2D eigenvalue weighted by Crippen LogP contribution is 2.38. The molecule has 1 amide bonds. The molecule has 0 spiro atoms. The van der Waals surface area contributed by atoms with Crippen LogP contribution in [0.15, 0.2) is 24.3 Å². The molecular weight excluding hydrogens is 397 g/mol. The molecule has 5 nitrogen and oxygen atoms in total. The lowest BCUT2D eigenvalue weighted by molar-refractivity contribution is -0.124. The Balaban J connectivity index is 0.00000364. The zero-order valence-electron chi connectivity index (χ0n) is 17.2. The molecule has 162 valence electrons. The summed E-state index contributed by atoms with van der Waals surface area (Å²) in [7, 11) is 4.12. The Labute approximate surface area is 182 Å². The lowest BCUT2D eigenvalue weighted by Crippen LogP contribution is -2.38. The molecule has 1 aromatic rings. The van der Waals surface area contributed by atoms with Crippen LogP contribution in [0.1, 0.15) is 50.5 Å². The van der Waals surface area contributed by atoms with E-state index in [1.165, 1.54) is 19.3 Å². The van der Waals surface area contributed by atoms with E-state index in [0.717, 1.165) is 43.7 Å². The van der Waals surface area contributed by atoms with E-state index in [0.29, 0.717) is 19.5 Å². The van der Waals surface area contributed by atoms with Crippen molar-refractivity contribution in [3.8, 4) is 5.75 Å². The number of hydrogen-bond donors (Lipinski definition) is 2. The normalized spacial score (nSPS) is 15.3. The minimum atomic E-state index is 0. The molecule has 0 atom stereocenters. The average Bonchev–Trinajstić information content (AvgIpc) is 2.65. The summed E-state index contributed by atoms with van der Waals surface area (Å²) in [5.74, 6) is 0.990. The van der Waals surface area contributed by atoms with E-state index in [4.69, 9.17) is 10.5 Å². The molecule has 7 heteroatoms. The summed E-state index contributed by atoms with van der Waals surface area (Å²) >= 11 is 0. The minimum Gasteiger partial charge on any atom is -0.494 e. The summed E-state index contributed by atoms with van der Waals surface area (Å²) in [4.78, 5) is 14.5. The van der Waals surface area contributed by atoms with Crippen molar-refractivity contribution in [3.63, 3.8) is 0 Å². The SMILES string of the molecule is CN(C)CCCOc1ccc(CNC(=O)CC2(CN)CCCCC2)cc1.Cl.Cl. The van der Waals surface area contributed by atoms with Crippen molar-refractivity contribution in [3.05, 3.63) is 29.8 Å². The number of nitrogens with one attached hydrogen (secondary N) is 1. The minimum absolute atomic E-state index is 0. The maximum absolute atomic E-state index is 12.3. The van der Waals surface area contributed by atoms with Crippen LogP contribution < -0.4 is 15.8 Å². The largest absolute Gasteiger partial charge is 0.494 e. The van der Waals surface area contributed by atoms with Gasteiger partial charge in [-0.3, -0.25) is 4.79 Å². The standard InChI is InChI=1S/C21H35N3O2.2ClH/c1-24(2)13-6-14-26-19-9-7-18(8-10-19)16-23-20(25)15-21(17-22)11-4-3-5-12-21;;/h7-10H,3-6,11-17,22H2,1-2H3,(H,23,25);2*1H. The van der Waals surface area contributed by atoms with Crippen LogP contribution in [0.25, 0.3) is 0 Å². The van der Waals surface area contributed by atoms with Gasteiger partial charge in [-0.05, 0) is 63.0 Å². The Hall–Kier alpha value is -1.01. The number of nitrogens with two attached hydrogens (primary N) is 1. The van der Waals surface area contributed by atoms with Gasteiger partial charge in [-0.2, -0.15) is 0 Å². The third-order valence-corrected chi connectivity index (χ3v) is 5.31. The predicted octanol–water partition coefficient (Wildman–Crippen LogP) is 3.78.